The number of pyridine rings is 1. The summed E-state index contributed by atoms with van der Waals surface area (Å²) >= 11 is 0. The Morgan fingerprint density at radius 2 is 2.00 bits per heavy atom. The van der Waals surface area contributed by atoms with Crippen LogP contribution in [0.25, 0.3) is 0 Å². The Morgan fingerprint density at radius 3 is 2.63 bits per heavy atom. The van der Waals surface area contributed by atoms with E-state index in [0.717, 1.165) is 5.56 Å². The van der Waals surface area contributed by atoms with Crippen LogP contribution in [0, 0.1) is 0 Å². The highest BCUT2D eigenvalue weighted by molar-refractivity contribution is 5.54. The second-order valence-corrected chi connectivity index (χ2v) is 4.09. The van der Waals surface area contributed by atoms with E-state index in [9.17, 15) is 5.11 Å². The van der Waals surface area contributed by atoms with Gasteiger partial charge in [0.1, 0.15) is 5.82 Å². The van der Waals surface area contributed by atoms with E-state index < -0.39 is 0 Å². The first-order valence-electron chi connectivity index (χ1n) is 5.97. The molecule has 0 saturated heterocycles. The molecule has 1 aromatic carbocycles. The number of nitrogen functional groups attached to an aromatic ring is 1. The lowest BCUT2D eigenvalue weighted by Crippen LogP contribution is -2.15. The lowest BCUT2D eigenvalue weighted by molar-refractivity contribution is 0.276. The molecule has 100 valence electrons. The SMILES string of the molecule is COc1nc(NC(CO)c2ccccc2)ccc1N. The second kappa shape index (κ2) is 6.06. The van der Waals surface area contributed by atoms with Crippen molar-refractivity contribution in [2.75, 3.05) is 24.8 Å². The number of benzene rings is 1. The molecule has 0 amide bonds. The van der Waals surface area contributed by atoms with Gasteiger partial charge in [-0.2, -0.15) is 4.98 Å². The predicted octanol–water partition coefficient (Wildman–Crippen LogP) is 1.82. The first-order chi connectivity index (χ1) is 9.24. The molecule has 1 unspecified atom stereocenters. The lowest BCUT2D eigenvalue weighted by atomic mass is 10.1. The second-order valence-electron chi connectivity index (χ2n) is 4.09. The van der Waals surface area contributed by atoms with Gasteiger partial charge in [-0.15, -0.1) is 0 Å². The number of ether oxygens (including phenoxy) is 1. The van der Waals surface area contributed by atoms with E-state index in [1.54, 1.807) is 12.1 Å². The van der Waals surface area contributed by atoms with Crippen molar-refractivity contribution in [2.45, 2.75) is 6.04 Å². The molecule has 1 aromatic heterocycles. The van der Waals surface area contributed by atoms with Gasteiger partial charge in [0.2, 0.25) is 5.88 Å². The Bertz CT molecular complexity index is 531. The lowest BCUT2D eigenvalue weighted by Gasteiger charge is -2.18. The fraction of sp³-hybridized carbons (Fsp3) is 0.214. The van der Waals surface area contributed by atoms with Crippen molar-refractivity contribution in [1.29, 1.82) is 0 Å². The van der Waals surface area contributed by atoms with Crippen molar-refractivity contribution < 1.29 is 9.84 Å². The van der Waals surface area contributed by atoms with E-state index in [1.807, 2.05) is 30.3 Å². The van der Waals surface area contributed by atoms with Gasteiger partial charge < -0.3 is 20.9 Å². The van der Waals surface area contributed by atoms with Gasteiger partial charge in [0.25, 0.3) is 0 Å². The average molecular weight is 259 g/mol. The van der Waals surface area contributed by atoms with E-state index in [0.29, 0.717) is 17.4 Å². The number of nitrogens with two attached hydrogens (primary N) is 1. The van der Waals surface area contributed by atoms with Crippen LogP contribution in [0.5, 0.6) is 5.88 Å². The molecule has 0 saturated carbocycles. The third kappa shape index (κ3) is 3.14. The smallest absolute Gasteiger partial charge is 0.238 e. The van der Waals surface area contributed by atoms with Crippen LogP contribution in [0.1, 0.15) is 11.6 Å². The minimum Gasteiger partial charge on any atom is -0.479 e. The topological polar surface area (TPSA) is 80.4 Å². The van der Waals surface area contributed by atoms with Crippen molar-refractivity contribution in [2.24, 2.45) is 0 Å². The summed E-state index contributed by atoms with van der Waals surface area (Å²) in [6, 6.07) is 12.9. The van der Waals surface area contributed by atoms with Gasteiger partial charge in [-0.05, 0) is 17.7 Å². The summed E-state index contributed by atoms with van der Waals surface area (Å²) in [5.41, 5.74) is 7.18. The van der Waals surface area contributed by atoms with Gasteiger partial charge in [-0.3, -0.25) is 0 Å². The Hall–Kier alpha value is -2.27. The van der Waals surface area contributed by atoms with Crippen LogP contribution >= 0.6 is 0 Å². The number of aliphatic hydroxyl groups is 1. The number of aliphatic hydroxyl groups excluding tert-OH is 1. The van der Waals surface area contributed by atoms with Crippen molar-refractivity contribution >= 4 is 11.5 Å². The largest absolute Gasteiger partial charge is 0.479 e. The Labute approximate surface area is 112 Å². The molecule has 19 heavy (non-hydrogen) atoms. The Morgan fingerprint density at radius 1 is 1.26 bits per heavy atom. The van der Waals surface area contributed by atoms with E-state index in [-0.39, 0.29) is 12.6 Å². The van der Waals surface area contributed by atoms with Gasteiger partial charge in [0.05, 0.1) is 25.4 Å². The van der Waals surface area contributed by atoms with Crippen LogP contribution in [-0.2, 0) is 0 Å². The van der Waals surface area contributed by atoms with Crippen molar-refractivity contribution in [3.05, 3.63) is 48.0 Å². The minimum absolute atomic E-state index is 0.0294. The summed E-state index contributed by atoms with van der Waals surface area (Å²) < 4.78 is 5.07. The number of methoxy groups -OCH3 is 1. The molecule has 0 radical (unpaired) electrons. The summed E-state index contributed by atoms with van der Waals surface area (Å²) in [4.78, 5) is 4.23. The van der Waals surface area contributed by atoms with Crippen LogP contribution in [-0.4, -0.2) is 23.8 Å². The summed E-state index contributed by atoms with van der Waals surface area (Å²) in [5.74, 6) is 0.976. The monoisotopic (exact) mass is 259 g/mol. The quantitative estimate of drug-likeness (QED) is 0.763. The Balaban J connectivity index is 2.19. The van der Waals surface area contributed by atoms with Gasteiger partial charge in [0, 0.05) is 0 Å². The maximum Gasteiger partial charge on any atom is 0.238 e. The molecule has 5 nitrogen and oxygen atoms in total. The fourth-order valence-electron chi connectivity index (χ4n) is 1.79. The number of anilines is 2. The third-order valence-electron chi connectivity index (χ3n) is 2.79. The van der Waals surface area contributed by atoms with Gasteiger partial charge in [-0.1, -0.05) is 30.3 Å². The molecule has 0 bridgehead atoms. The summed E-state index contributed by atoms with van der Waals surface area (Å²) in [7, 11) is 1.52. The molecular formula is C14H17N3O2. The molecular weight excluding hydrogens is 242 g/mol. The number of hydrogen-bond acceptors (Lipinski definition) is 5. The van der Waals surface area contributed by atoms with E-state index in [2.05, 4.69) is 10.3 Å². The fourth-order valence-corrected chi connectivity index (χ4v) is 1.79. The molecule has 2 aromatic rings. The molecule has 5 heteroatoms. The number of nitrogens with zero attached hydrogens (tertiary/aromatic N) is 1. The maximum absolute atomic E-state index is 9.48. The van der Waals surface area contributed by atoms with Crippen LogP contribution in [0.3, 0.4) is 0 Å². The van der Waals surface area contributed by atoms with Crippen LogP contribution in [0.4, 0.5) is 11.5 Å². The zero-order valence-corrected chi connectivity index (χ0v) is 10.7. The molecule has 4 N–H and O–H groups in total. The van der Waals surface area contributed by atoms with Gasteiger partial charge in [0.15, 0.2) is 0 Å². The molecule has 1 heterocycles. The first-order valence-corrected chi connectivity index (χ1v) is 5.97. The summed E-state index contributed by atoms with van der Waals surface area (Å²) in [5, 5.41) is 12.6. The minimum atomic E-state index is -0.220. The number of nitrogens with one attached hydrogen (secondary N) is 1. The van der Waals surface area contributed by atoms with Crippen molar-refractivity contribution in [3.63, 3.8) is 0 Å². The normalized spacial score (nSPS) is 11.9. The van der Waals surface area contributed by atoms with Gasteiger partial charge >= 0.3 is 0 Å². The third-order valence-corrected chi connectivity index (χ3v) is 2.79. The summed E-state index contributed by atoms with van der Waals surface area (Å²) in [6.45, 7) is -0.0294. The molecule has 0 aliphatic carbocycles. The maximum atomic E-state index is 9.48. The van der Waals surface area contributed by atoms with E-state index in [4.69, 9.17) is 10.5 Å². The number of rotatable bonds is 5. The zero-order chi connectivity index (χ0) is 13.7. The highest BCUT2D eigenvalue weighted by atomic mass is 16.5. The van der Waals surface area contributed by atoms with Crippen molar-refractivity contribution in [3.8, 4) is 5.88 Å². The highest BCUT2D eigenvalue weighted by Gasteiger charge is 2.11. The molecule has 0 fully saturated rings. The standard InChI is InChI=1S/C14H17N3O2/c1-19-14-11(15)7-8-13(17-14)16-12(9-18)10-5-3-2-4-6-10/h2-8,12,18H,9,15H2,1H3,(H,16,17). The number of aromatic nitrogens is 1. The summed E-state index contributed by atoms with van der Waals surface area (Å²) in [6.07, 6.45) is 0. The van der Waals surface area contributed by atoms with Crippen molar-refractivity contribution in [1.82, 2.24) is 4.98 Å². The van der Waals surface area contributed by atoms with Crippen LogP contribution < -0.4 is 15.8 Å². The number of hydrogen-bond donors (Lipinski definition) is 3. The molecule has 2 rings (SSSR count). The molecule has 0 aliphatic rings. The predicted molar refractivity (Wildman–Crippen MR) is 75.1 cm³/mol. The van der Waals surface area contributed by atoms with Crippen LogP contribution in [0.15, 0.2) is 42.5 Å². The molecule has 0 aliphatic heterocycles. The molecule has 0 spiro atoms. The van der Waals surface area contributed by atoms with E-state index in [1.165, 1.54) is 7.11 Å². The van der Waals surface area contributed by atoms with Crippen LogP contribution in [0.2, 0.25) is 0 Å². The zero-order valence-electron chi connectivity index (χ0n) is 10.7. The Kier molecular flexibility index (Phi) is 4.20. The first kappa shape index (κ1) is 13.2. The average Bonchev–Trinajstić information content (AvgIpc) is 2.47. The highest BCUT2D eigenvalue weighted by Crippen LogP contribution is 2.23. The molecule has 1 atom stereocenters. The van der Waals surface area contributed by atoms with Gasteiger partial charge in [-0.25, -0.2) is 0 Å². The van der Waals surface area contributed by atoms with E-state index >= 15 is 0 Å².